The van der Waals surface area contributed by atoms with Crippen LogP contribution in [0.5, 0.6) is 5.75 Å². The van der Waals surface area contributed by atoms with Crippen LogP contribution in [0.3, 0.4) is 0 Å². The molecule has 1 unspecified atom stereocenters. The van der Waals surface area contributed by atoms with E-state index >= 15 is 0 Å². The fraction of sp³-hybridized carbons (Fsp3) is 0.385. The highest BCUT2D eigenvalue weighted by Gasteiger charge is 2.42. The zero-order valence-corrected chi connectivity index (χ0v) is 19.3. The van der Waals surface area contributed by atoms with E-state index in [1.54, 1.807) is 4.90 Å². The van der Waals surface area contributed by atoms with Gasteiger partial charge < -0.3 is 19.0 Å². The average molecular weight is 453 g/mol. The van der Waals surface area contributed by atoms with Crippen molar-refractivity contribution in [3.8, 4) is 5.75 Å². The first kappa shape index (κ1) is 23.0. The summed E-state index contributed by atoms with van der Waals surface area (Å²) >= 11 is 0. The Bertz CT molecular complexity index is 1200. The number of fused-ring (bicyclic) bond motifs is 2. The van der Waals surface area contributed by atoms with Gasteiger partial charge >= 0.3 is 0 Å². The molecule has 3 aromatic rings. The molecule has 0 bridgehead atoms. The van der Waals surface area contributed by atoms with Crippen molar-refractivity contribution in [1.29, 1.82) is 0 Å². The maximum Gasteiger partial charge on any atom is 0.290 e. The van der Waals surface area contributed by atoms with E-state index in [1.165, 1.54) is 18.2 Å². The molecular formula is C26H29FN2O4. The molecule has 1 aliphatic rings. The van der Waals surface area contributed by atoms with Crippen LogP contribution in [0.4, 0.5) is 4.39 Å². The molecule has 0 saturated heterocycles. The summed E-state index contributed by atoms with van der Waals surface area (Å²) in [5, 5.41) is 0.139. The van der Waals surface area contributed by atoms with Crippen molar-refractivity contribution in [2.24, 2.45) is 0 Å². The van der Waals surface area contributed by atoms with Gasteiger partial charge in [0.15, 0.2) is 5.43 Å². The summed E-state index contributed by atoms with van der Waals surface area (Å²) in [4.78, 5) is 30.8. The normalized spacial score (nSPS) is 15.5. The summed E-state index contributed by atoms with van der Waals surface area (Å²) in [6.45, 7) is 9.62. The number of hydrogen-bond acceptors (Lipinski definition) is 5. The van der Waals surface area contributed by atoms with Crippen LogP contribution in [0.15, 0.2) is 51.7 Å². The molecule has 174 valence electrons. The molecule has 1 aromatic heterocycles. The predicted octanol–water partition coefficient (Wildman–Crippen LogP) is 4.61. The second-order valence-corrected chi connectivity index (χ2v) is 8.16. The first-order chi connectivity index (χ1) is 16.0. The standard InChI is InChI=1S/C26H29FN2O4/c1-4-15-32-19-10-7-17(8-11-19)23-22-24(30)20-16-18(27)9-12-21(20)33-25(22)26(31)29(23)14-13-28(5-2)6-3/h7-12,16,23H,4-6,13-15H2,1-3H3. The van der Waals surface area contributed by atoms with Crippen LogP contribution in [-0.4, -0.2) is 48.5 Å². The monoisotopic (exact) mass is 452 g/mol. The molecule has 0 N–H and O–H groups in total. The van der Waals surface area contributed by atoms with Gasteiger partial charge in [-0.05, 0) is 55.4 Å². The molecule has 0 aliphatic carbocycles. The van der Waals surface area contributed by atoms with Crippen molar-refractivity contribution in [3.63, 3.8) is 0 Å². The van der Waals surface area contributed by atoms with E-state index in [0.29, 0.717) is 19.7 Å². The van der Waals surface area contributed by atoms with E-state index in [-0.39, 0.29) is 33.6 Å². The van der Waals surface area contributed by atoms with Crippen LogP contribution >= 0.6 is 0 Å². The molecule has 0 saturated carbocycles. The first-order valence-corrected chi connectivity index (χ1v) is 11.5. The van der Waals surface area contributed by atoms with Gasteiger partial charge in [0.05, 0.1) is 23.6 Å². The summed E-state index contributed by atoms with van der Waals surface area (Å²) in [5.41, 5.74) is 0.885. The van der Waals surface area contributed by atoms with Gasteiger partial charge in [0, 0.05) is 13.1 Å². The van der Waals surface area contributed by atoms with Gasteiger partial charge in [-0.15, -0.1) is 0 Å². The number of likely N-dealkylation sites (N-methyl/N-ethyl adjacent to an activating group) is 1. The van der Waals surface area contributed by atoms with Crippen molar-refractivity contribution in [2.75, 3.05) is 32.8 Å². The zero-order chi connectivity index (χ0) is 23.5. The van der Waals surface area contributed by atoms with Crippen LogP contribution in [0.25, 0.3) is 11.0 Å². The van der Waals surface area contributed by atoms with Crippen molar-refractivity contribution in [1.82, 2.24) is 9.80 Å². The summed E-state index contributed by atoms with van der Waals surface area (Å²) in [7, 11) is 0. The van der Waals surface area contributed by atoms with Crippen LogP contribution in [0, 0.1) is 5.82 Å². The molecule has 7 heteroatoms. The number of rotatable bonds is 9. The zero-order valence-electron chi connectivity index (χ0n) is 19.3. The molecule has 33 heavy (non-hydrogen) atoms. The van der Waals surface area contributed by atoms with Gasteiger partial charge in [0.1, 0.15) is 17.1 Å². The van der Waals surface area contributed by atoms with Gasteiger partial charge in [-0.2, -0.15) is 0 Å². The third-order valence-electron chi connectivity index (χ3n) is 6.15. The largest absolute Gasteiger partial charge is 0.494 e. The second kappa shape index (κ2) is 9.75. The van der Waals surface area contributed by atoms with Gasteiger partial charge in [-0.3, -0.25) is 9.59 Å². The molecular weight excluding hydrogens is 423 g/mol. The van der Waals surface area contributed by atoms with Crippen LogP contribution in [-0.2, 0) is 0 Å². The summed E-state index contributed by atoms with van der Waals surface area (Å²) < 4.78 is 25.5. The van der Waals surface area contributed by atoms with Crippen LogP contribution < -0.4 is 10.2 Å². The lowest BCUT2D eigenvalue weighted by Gasteiger charge is -2.28. The first-order valence-electron chi connectivity index (χ1n) is 11.5. The van der Waals surface area contributed by atoms with E-state index in [0.717, 1.165) is 30.8 Å². The number of nitrogens with zero attached hydrogens (tertiary/aromatic N) is 2. The fourth-order valence-corrected chi connectivity index (χ4v) is 4.33. The number of amides is 1. The lowest BCUT2D eigenvalue weighted by molar-refractivity contribution is 0.0708. The Morgan fingerprint density at radius 3 is 2.45 bits per heavy atom. The maximum absolute atomic E-state index is 13.9. The molecule has 1 atom stereocenters. The van der Waals surface area contributed by atoms with E-state index in [2.05, 4.69) is 18.7 Å². The number of hydrogen-bond donors (Lipinski definition) is 0. The lowest BCUT2D eigenvalue weighted by atomic mass is 9.98. The lowest BCUT2D eigenvalue weighted by Crippen LogP contribution is -2.37. The van der Waals surface area contributed by atoms with Crippen molar-refractivity contribution < 1.29 is 18.3 Å². The average Bonchev–Trinajstić information content (AvgIpc) is 3.11. The van der Waals surface area contributed by atoms with Crippen molar-refractivity contribution in [2.45, 2.75) is 33.2 Å². The highest BCUT2D eigenvalue weighted by Crippen LogP contribution is 2.38. The number of carbonyl (C=O) groups excluding carboxylic acids is 1. The number of carbonyl (C=O) groups is 1. The minimum Gasteiger partial charge on any atom is -0.494 e. The summed E-state index contributed by atoms with van der Waals surface area (Å²) in [5.74, 6) is -0.0781. The molecule has 0 fully saturated rings. The number of ether oxygens (including phenoxy) is 1. The van der Waals surface area contributed by atoms with Crippen LogP contribution in [0.1, 0.15) is 54.9 Å². The van der Waals surface area contributed by atoms with Gasteiger partial charge in [0.25, 0.3) is 5.91 Å². The molecule has 2 aromatic carbocycles. The number of benzene rings is 2. The van der Waals surface area contributed by atoms with E-state index in [9.17, 15) is 14.0 Å². The Labute approximate surface area is 192 Å². The predicted molar refractivity (Wildman–Crippen MR) is 125 cm³/mol. The summed E-state index contributed by atoms with van der Waals surface area (Å²) in [6, 6.07) is 10.6. The van der Waals surface area contributed by atoms with Gasteiger partial charge in [-0.1, -0.05) is 32.9 Å². The molecule has 0 spiro atoms. The van der Waals surface area contributed by atoms with Gasteiger partial charge in [0.2, 0.25) is 5.76 Å². The van der Waals surface area contributed by atoms with E-state index in [4.69, 9.17) is 9.15 Å². The minimum absolute atomic E-state index is 0.0370. The van der Waals surface area contributed by atoms with Crippen LogP contribution in [0.2, 0.25) is 0 Å². The SMILES string of the molecule is CCCOc1ccc(C2c3c(oc4ccc(F)cc4c3=O)C(=O)N2CCN(CC)CC)cc1. The number of halogens is 1. The Morgan fingerprint density at radius 2 is 1.79 bits per heavy atom. The Morgan fingerprint density at radius 1 is 1.06 bits per heavy atom. The quantitative estimate of drug-likeness (QED) is 0.475. The smallest absolute Gasteiger partial charge is 0.290 e. The minimum atomic E-state index is -0.604. The van der Waals surface area contributed by atoms with E-state index < -0.39 is 11.9 Å². The molecule has 1 amide bonds. The highest BCUT2D eigenvalue weighted by atomic mass is 19.1. The summed E-state index contributed by atoms with van der Waals surface area (Å²) in [6.07, 6.45) is 0.899. The topological polar surface area (TPSA) is 63.0 Å². The Kier molecular flexibility index (Phi) is 6.79. The third-order valence-corrected chi connectivity index (χ3v) is 6.15. The molecule has 1 aliphatic heterocycles. The van der Waals surface area contributed by atoms with Gasteiger partial charge in [-0.25, -0.2) is 4.39 Å². The molecule has 0 radical (unpaired) electrons. The molecule has 6 nitrogen and oxygen atoms in total. The van der Waals surface area contributed by atoms with Crippen molar-refractivity contribution >= 4 is 16.9 Å². The second-order valence-electron chi connectivity index (χ2n) is 8.16. The Balaban J connectivity index is 1.81. The highest BCUT2D eigenvalue weighted by molar-refractivity contribution is 5.99. The molecule has 2 heterocycles. The van der Waals surface area contributed by atoms with E-state index in [1.807, 2.05) is 31.2 Å². The maximum atomic E-state index is 13.9. The Hall–Kier alpha value is -3.19. The third kappa shape index (κ3) is 4.37. The fourth-order valence-electron chi connectivity index (χ4n) is 4.33. The molecule has 4 rings (SSSR count). The van der Waals surface area contributed by atoms with Crippen molar-refractivity contribution in [3.05, 3.63) is 75.4 Å².